The molecular weight excluding hydrogens is 437 g/mol. The van der Waals surface area contributed by atoms with Crippen molar-refractivity contribution in [3.05, 3.63) is 44.7 Å². The molecule has 0 aliphatic carbocycles. The molecule has 1 aromatic heterocycles. The zero-order valence-corrected chi connectivity index (χ0v) is 18.6. The molecule has 0 atom stereocenters. The van der Waals surface area contributed by atoms with E-state index in [0.717, 1.165) is 4.88 Å². The van der Waals surface area contributed by atoms with Crippen molar-refractivity contribution < 1.29 is 17.9 Å². The van der Waals surface area contributed by atoms with Gasteiger partial charge in [-0.1, -0.05) is 32.4 Å². The number of thiazole rings is 1. The predicted molar refractivity (Wildman–Crippen MR) is 112 cm³/mol. The first-order chi connectivity index (χ1) is 13.9. The van der Waals surface area contributed by atoms with Gasteiger partial charge in [-0.2, -0.15) is 28.4 Å². The molecule has 1 aromatic carbocycles. The Morgan fingerprint density at radius 1 is 1.30 bits per heavy atom. The number of hydrogen-bond acceptors (Lipinski definition) is 4. The second kappa shape index (κ2) is 9.67. The van der Waals surface area contributed by atoms with Gasteiger partial charge in [-0.3, -0.25) is 0 Å². The van der Waals surface area contributed by atoms with Gasteiger partial charge in [0.15, 0.2) is 10.6 Å². The van der Waals surface area contributed by atoms with Crippen LogP contribution in [0, 0.1) is 11.5 Å². The third kappa shape index (κ3) is 6.61. The molecule has 0 spiro atoms. The van der Waals surface area contributed by atoms with Crippen molar-refractivity contribution in [2.75, 3.05) is 7.11 Å². The highest BCUT2D eigenvalue weighted by atomic mass is 35.5. The van der Waals surface area contributed by atoms with Crippen LogP contribution in [0.3, 0.4) is 0 Å². The summed E-state index contributed by atoms with van der Waals surface area (Å²) in [5.41, 5.74) is 0.198. The second-order valence-electron chi connectivity index (χ2n) is 7.53. The summed E-state index contributed by atoms with van der Waals surface area (Å²) in [4.78, 5) is 9.70. The molecule has 0 fully saturated rings. The molecule has 1 heterocycles. The van der Waals surface area contributed by atoms with Gasteiger partial charge in [0.05, 0.1) is 12.7 Å². The van der Waals surface area contributed by atoms with Crippen LogP contribution in [-0.2, 0) is 12.0 Å². The predicted octanol–water partition coefficient (Wildman–Crippen LogP) is 5.68. The maximum atomic E-state index is 12.6. The maximum Gasteiger partial charge on any atom is 0.389 e. The zero-order valence-electron chi connectivity index (χ0n) is 17.0. The number of amidine groups is 1. The Kier molecular flexibility index (Phi) is 7.72. The SMILES string of the molecule is COc1ccc(Cl)cc1C(/N=c1\sc(C(C)(C)C)cn1CCCC(F)(F)F)=N\C#N. The van der Waals surface area contributed by atoms with E-state index in [1.54, 1.807) is 35.2 Å². The molecule has 0 aliphatic heterocycles. The highest BCUT2D eigenvalue weighted by Crippen LogP contribution is 2.27. The van der Waals surface area contributed by atoms with E-state index in [2.05, 4.69) is 9.98 Å². The highest BCUT2D eigenvalue weighted by Gasteiger charge is 2.26. The summed E-state index contributed by atoms with van der Waals surface area (Å²) in [7, 11) is 1.47. The van der Waals surface area contributed by atoms with Crippen LogP contribution in [0.15, 0.2) is 34.4 Å². The Bertz CT molecular complexity index is 1030. The number of rotatable bonds is 5. The Hall–Kier alpha value is -2.31. The average Bonchev–Trinajstić information content (AvgIpc) is 3.03. The fourth-order valence-electron chi connectivity index (χ4n) is 2.56. The number of nitriles is 1. The molecule has 0 saturated heterocycles. The Balaban J connectivity index is 2.58. The average molecular weight is 459 g/mol. The van der Waals surface area contributed by atoms with E-state index in [9.17, 15) is 13.2 Å². The normalized spacial score (nSPS) is 13.4. The lowest BCUT2D eigenvalue weighted by Gasteiger charge is -2.14. The summed E-state index contributed by atoms with van der Waals surface area (Å²) in [6, 6.07) is 4.84. The van der Waals surface area contributed by atoms with E-state index in [4.69, 9.17) is 21.6 Å². The lowest BCUT2D eigenvalue weighted by molar-refractivity contribution is -0.135. The van der Waals surface area contributed by atoms with Gasteiger partial charge < -0.3 is 9.30 Å². The number of methoxy groups -OCH3 is 1. The molecule has 10 heteroatoms. The van der Waals surface area contributed by atoms with Crippen molar-refractivity contribution in [1.29, 1.82) is 5.26 Å². The summed E-state index contributed by atoms with van der Waals surface area (Å²) in [6.45, 7) is 6.16. The molecule has 0 N–H and O–H groups in total. The molecule has 2 rings (SSSR count). The van der Waals surface area contributed by atoms with Crippen LogP contribution in [0.1, 0.15) is 44.1 Å². The third-order valence-electron chi connectivity index (χ3n) is 4.08. The lowest BCUT2D eigenvalue weighted by Crippen LogP contribution is -2.18. The van der Waals surface area contributed by atoms with Crippen LogP contribution in [0.4, 0.5) is 13.2 Å². The van der Waals surface area contributed by atoms with Crippen LogP contribution >= 0.6 is 22.9 Å². The summed E-state index contributed by atoms with van der Waals surface area (Å²) in [6.07, 6.45) is -1.66. The fraction of sp³-hybridized carbons (Fsp3) is 0.450. The van der Waals surface area contributed by atoms with Crippen LogP contribution in [-0.4, -0.2) is 23.7 Å². The summed E-state index contributed by atoms with van der Waals surface area (Å²) < 4.78 is 44.8. The minimum absolute atomic E-state index is 0.0729. The summed E-state index contributed by atoms with van der Waals surface area (Å²) >= 11 is 7.43. The number of aromatic nitrogens is 1. The van der Waals surface area contributed by atoms with Crippen molar-refractivity contribution in [3.8, 4) is 11.9 Å². The van der Waals surface area contributed by atoms with Gasteiger partial charge in [-0.05, 0) is 30.0 Å². The molecule has 0 radical (unpaired) electrons. The first kappa shape index (κ1) is 24.0. The topological polar surface area (TPSA) is 62.7 Å². The summed E-state index contributed by atoms with van der Waals surface area (Å²) in [5, 5.41) is 9.55. The molecule has 0 aliphatic rings. The highest BCUT2D eigenvalue weighted by molar-refractivity contribution is 7.09. The second-order valence-corrected chi connectivity index (χ2v) is 8.98. The number of halogens is 4. The minimum atomic E-state index is -4.22. The van der Waals surface area contributed by atoms with Crippen LogP contribution in [0.5, 0.6) is 5.75 Å². The lowest BCUT2D eigenvalue weighted by atomic mass is 9.95. The number of ether oxygens (including phenoxy) is 1. The van der Waals surface area contributed by atoms with Crippen molar-refractivity contribution in [2.24, 2.45) is 9.98 Å². The van der Waals surface area contributed by atoms with Gasteiger partial charge in [0.25, 0.3) is 0 Å². The molecule has 30 heavy (non-hydrogen) atoms. The van der Waals surface area contributed by atoms with Crippen LogP contribution < -0.4 is 9.54 Å². The number of hydrogen-bond donors (Lipinski definition) is 0. The van der Waals surface area contributed by atoms with Crippen molar-refractivity contribution in [2.45, 2.75) is 51.7 Å². The maximum absolute atomic E-state index is 12.6. The number of benzene rings is 1. The van der Waals surface area contributed by atoms with Gasteiger partial charge in [-0.15, -0.1) is 11.3 Å². The monoisotopic (exact) mass is 458 g/mol. The molecule has 0 saturated carbocycles. The summed E-state index contributed by atoms with van der Waals surface area (Å²) in [5.74, 6) is 0.497. The van der Waals surface area contributed by atoms with E-state index < -0.39 is 12.6 Å². The molecule has 0 amide bonds. The zero-order chi connectivity index (χ0) is 22.5. The number of aliphatic imine (C=N–C) groups is 1. The number of aryl methyl sites for hydroxylation is 1. The van der Waals surface area contributed by atoms with E-state index in [0.29, 0.717) is 21.1 Å². The van der Waals surface area contributed by atoms with Gasteiger partial charge in [0.2, 0.25) is 6.19 Å². The first-order valence-electron chi connectivity index (χ1n) is 9.07. The van der Waals surface area contributed by atoms with Crippen LogP contribution in [0.25, 0.3) is 0 Å². The van der Waals surface area contributed by atoms with Gasteiger partial charge >= 0.3 is 6.18 Å². The quantitative estimate of drug-likeness (QED) is 0.328. The standard InChI is InChI=1S/C20H22ClF3N4OS/c1-19(2,3)16-11-28(9-5-8-20(22,23)24)18(30-16)27-17(26-12-25)14-10-13(21)6-7-15(14)29-4/h6-7,10-11H,5,8-9H2,1-4H3/b26-17+,27-18-. The van der Waals surface area contributed by atoms with E-state index >= 15 is 0 Å². The smallest absolute Gasteiger partial charge is 0.389 e. The number of nitrogens with zero attached hydrogens (tertiary/aromatic N) is 4. The Labute approximate surface area is 182 Å². The number of alkyl halides is 3. The van der Waals surface area contributed by atoms with Gasteiger partial charge in [0.1, 0.15) is 5.75 Å². The van der Waals surface area contributed by atoms with Crippen molar-refractivity contribution in [1.82, 2.24) is 4.57 Å². The first-order valence-corrected chi connectivity index (χ1v) is 10.3. The molecular formula is C20H22ClF3N4OS. The van der Waals surface area contributed by atoms with Crippen molar-refractivity contribution in [3.63, 3.8) is 0 Å². The third-order valence-corrected chi connectivity index (χ3v) is 5.76. The van der Waals surface area contributed by atoms with E-state index in [1.807, 2.05) is 20.8 Å². The van der Waals surface area contributed by atoms with Gasteiger partial charge in [-0.25, -0.2) is 0 Å². The fourth-order valence-corrected chi connectivity index (χ4v) is 3.81. The molecule has 162 valence electrons. The van der Waals surface area contributed by atoms with Gasteiger partial charge in [0, 0.05) is 29.1 Å². The Morgan fingerprint density at radius 2 is 2.00 bits per heavy atom. The van der Waals surface area contributed by atoms with E-state index in [1.165, 1.54) is 18.4 Å². The Morgan fingerprint density at radius 3 is 2.57 bits per heavy atom. The molecule has 0 unspecified atom stereocenters. The molecule has 5 nitrogen and oxygen atoms in total. The molecule has 0 bridgehead atoms. The van der Waals surface area contributed by atoms with E-state index in [-0.39, 0.29) is 24.2 Å². The largest absolute Gasteiger partial charge is 0.496 e. The molecule has 2 aromatic rings. The minimum Gasteiger partial charge on any atom is -0.496 e. The van der Waals surface area contributed by atoms with Crippen LogP contribution in [0.2, 0.25) is 5.02 Å². The van der Waals surface area contributed by atoms with Crippen molar-refractivity contribution >= 4 is 28.8 Å².